The van der Waals surface area contributed by atoms with Gasteiger partial charge in [0, 0.05) is 0 Å². The van der Waals surface area contributed by atoms with E-state index in [1.165, 1.54) is 19.1 Å². The van der Waals surface area contributed by atoms with Crippen molar-refractivity contribution < 1.29 is 26.7 Å². The number of hydrogen-bond acceptors (Lipinski definition) is 4. The van der Waals surface area contributed by atoms with Gasteiger partial charge >= 0.3 is 11.9 Å². The third kappa shape index (κ3) is 4.90. The molecule has 31 heavy (non-hydrogen) atoms. The first kappa shape index (κ1) is 22.4. The number of pyridine rings is 1. The highest BCUT2D eigenvalue weighted by Gasteiger charge is 2.40. The predicted octanol–water partition coefficient (Wildman–Crippen LogP) is 3.26. The number of nitrogens with zero attached hydrogens (tertiary/aromatic N) is 4. The maximum atomic E-state index is 13.6. The van der Waals surface area contributed by atoms with Crippen molar-refractivity contribution in [1.29, 1.82) is 0 Å². The minimum atomic E-state index is -5.05. The minimum absolute atomic E-state index is 0.117. The van der Waals surface area contributed by atoms with Crippen molar-refractivity contribution in [2.75, 3.05) is 0 Å². The molecule has 0 unspecified atom stereocenters. The number of alkyl halides is 3. The zero-order valence-electron chi connectivity index (χ0n) is 15.6. The number of hydrogen-bond donors (Lipinski definition) is 1. The number of amides is 1. The van der Waals surface area contributed by atoms with E-state index in [0.29, 0.717) is 16.4 Å². The number of benzene rings is 1. The van der Waals surface area contributed by atoms with Crippen molar-refractivity contribution in [2.24, 2.45) is 0 Å². The predicted molar refractivity (Wildman–Crippen MR) is 98.5 cm³/mol. The van der Waals surface area contributed by atoms with Crippen LogP contribution >= 0.6 is 11.6 Å². The fourth-order valence-corrected chi connectivity index (χ4v) is 2.81. The first-order chi connectivity index (χ1) is 14.5. The van der Waals surface area contributed by atoms with E-state index in [2.05, 4.69) is 15.4 Å². The van der Waals surface area contributed by atoms with E-state index in [9.17, 15) is 31.5 Å². The van der Waals surface area contributed by atoms with Crippen molar-refractivity contribution >= 4 is 17.5 Å². The van der Waals surface area contributed by atoms with Crippen LogP contribution in [0.3, 0.4) is 0 Å². The number of halogens is 6. The van der Waals surface area contributed by atoms with Crippen LogP contribution in [-0.4, -0.2) is 25.2 Å². The molecule has 0 saturated carbocycles. The van der Waals surface area contributed by atoms with Crippen LogP contribution in [0.1, 0.15) is 24.4 Å². The summed E-state index contributed by atoms with van der Waals surface area (Å²) in [4.78, 5) is 28.2. The van der Waals surface area contributed by atoms with Crippen molar-refractivity contribution in [3.05, 3.63) is 75.1 Å². The fraction of sp³-hybridized carbons (Fsp3) is 0.222. The molecule has 0 saturated heterocycles. The first-order valence-corrected chi connectivity index (χ1v) is 8.98. The molecule has 2 aromatic heterocycles. The summed E-state index contributed by atoms with van der Waals surface area (Å²) >= 11 is 5.60. The Labute approximate surface area is 176 Å². The minimum Gasteiger partial charge on any atom is -0.348 e. The van der Waals surface area contributed by atoms with Gasteiger partial charge < -0.3 is 5.32 Å². The molecule has 0 spiro atoms. The van der Waals surface area contributed by atoms with Gasteiger partial charge in [-0.25, -0.2) is 27.8 Å². The van der Waals surface area contributed by atoms with E-state index in [1.54, 1.807) is 0 Å². The second kappa shape index (κ2) is 8.46. The molecule has 0 bridgehead atoms. The Kier molecular flexibility index (Phi) is 6.11. The Hall–Kier alpha value is -3.28. The van der Waals surface area contributed by atoms with Crippen LogP contribution in [0.4, 0.5) is 22.0 Å². The summed E-state index contributed by atoms with van der Waals surface area (Å²) in [5.41, 5.74) is -0.952. The quantitative estimate of drug-likeness (QED) is 0.591. The van der Waals surface area contributed by atoms with Crippen molar-refractivity contribution in [3.63, 3.8) is 0 Å². The average Bonchev–Trinajstić information content (AvgIpc) is 3.01. The number of carbonyl (C=O) groups excluding carboxylic acids is 1. The van der Waals surface area contributed by atoms with Crippen LogP contribution in [0.15, 0.2) is 41.3 Å². The highest BCUT2D eigenvalue weighted by atomic mass is 35.5. The Morgan fingerprint density at radius 2 is 1.94 bits per heavy atom. The van der Waals surface area contributed by atoms with Crippen LogP contribution < -0.4 is 11.0 Å². The van der Waals surface area contributed by atoms with Crippen LogP contribution in [0, 0.1) is 11.6 Å². The molecule has 2 heterocycles. The molecule has 3 aromatic rings. The Balaban J connectivity index is 1.87. The number of carbonyl (C=O) groups is 1. The van der Waals surface area contributed by atoms with Gasteiger partial charge in [-0.1, -0.05) is 17.7 Å². The molecule has 0 aliphatic heterocycles. The van der Waals surface area contributed by atoms with Crippen LogP contribution in [0.5, 0.6) is 0 Å². The van der Waals surface area contributed by atoms with Gasteiger partial charge in [0.25, 0.3) is 0 Å². The molecular weight excluding hydrogens is 449 g/mol. The standard InChI is InChI=1S/C18H13ClF5N5O2/c1-9(10-2-4-12(19)13(21)6-10)26-15(30)8-28-17(31)29(16(27-28)18(22,23)24)14-5-3-11(20)7-25-14/h2-7,9H,8H2,1H3,(H,26,30)/t9-/m0/s1. The molecule has 13 heteroatoms. The second-order valence-corrected chi connectivity index (χ2v) is 6.80. The Bertz CT molecular complexity index is 1170. The summed E-state index contributed by atoms with van der Waals surface area (Å²) in [6.45, 7) is 0.655. The average molecular weight is 462 g/mol. The van der Waals surface area contributed by atoms with Crippen molar-refractivity contribution in [2.45, 2.75) is 25.7 Å². The second-order valence-electron chi connectivity index (χ2n) is 6.39. The van der Waals surface area contributed by atoms with Gasteiger partial charge in [-0.3, -0.25) is 4.79 Å². The maximum absolute atomic E-state index is 13.6. The van der Waals surface area contributed by atoms with E-state index >= 15 is 0 Å². The fourth-order valence-electron chi connectivity index (χ4n) is 2.69. The third-order valence-corrected chi connectivity index (χ3v) is 4.45. The lowest BCUT2D eigenvalue weighted by atomic mass is 10.1. The first-order valence-electron chi connectivity index (χ1n) is 8.60. The summed E-state index contributed by atoms with van der Waals surface area (Å²) < 4.78 is 67.1. The topological polar surface area (TPSA) is 81.8 Å². The Morgan fingerprint density at radius 1 is 1.23 bits per heavy atom. The van der Waals surface area contributed by atoms with Gasteiger partial charge in [0.05, 0.1) is 17.3 Å². The van der Waals surface area contributed by atoms with E-state index in [1.807, 2.05) is 0 Å². The van der Waals surface area contributed by atoms with E-state index in [4.69, 9.17) is 11.6 Å². The lowest BCUT2D eigenvalue weighted by Crippen LogP contribution is -2.35. The maximum Gasteiger partial charge on any atom is 0.452 e. The molecule has 1 aromatic carbocycles. The molecule has 1 atom stereocenters. The van der Waals surface area contributed by atoms with Gasteiger partial charge in [0.2, 0.25) is 11.7 Å². The van der Waals surface area contributed by atoms with Gasteiger partial charge in [-0.05, 0) is 36.8 Å². The normalized spacial score (nSPS) is 12.6. The lowest BCUT2D eigenvalue weighted by Gasteiger charge is -2.14. The molecule has 0 aliphatic rings. The molecule has 0 aliphatic carbocycles. The van der Waals surface area contributed by atoms with E-state index in [0.717, 1.165) is 18.2 Å². The van der Waals surface area contributed by atoms with Crippen LogP contribution in [0.2, 0.25) is 5.02 Å². The summed E-state index contributed by atoms with van der Waals surface area (Å²) in [6, 6.07) is 4.79. The molecule has 7 nitrogen and oxygen atoms in total. The zero-order valence-corrected chi connectivity index (χ0v) is 16.4. The van der Waals surface area contributed by atoms with Gasteiger partial charge in [-0.2, -0.15) is 13.2 Å². The van der Waals surface area contributed by atoms with Crippen LogP contribution in [-0.2, 0) is 17.5 Å². The van der Waals surface area contributed by atoms with E-state index < -0.39 is 53.6 Å². The largest absolute Gasteiger partial charge is 0.452 e. The summed E-state index contributed by atoms with van der Waals surface area (Å²) in [5, 5.41) is 5.51. The van der Waals surface area contributed by atoms with Crippen molar-refractivity contribution in [1.82, 2.24) is 24.6 Å². The number of aromatic nitrogens is 4. The molecule has 3 rings (SSSR count). The smallest absolute Gasteiger partial charge is 0.348 e. The van der Waals surface area contributed by atoms with Gasteiger partial charge in [-0.15, -0.1) is 5.10 Å². The van der Waals surface area contributed by atoms with Gasteiger partial charge in [0.15, 0.2) is 0 Å². The third-order valence-electron chi connectivity index (χ3n) is 4.15. The van der Waals surface area contributed by atoms with Crippen molar-refractivity contribution in [3.8, 4) is 5.82 Å². The molecule has 1 N–H and O–H groups in total. The summed E-state index contributed by atoms with van der Waals surface area (Å²) in [6.07, 6.45) is -4.41. The summed E-state index contributed by atoms with van der Waals surface area (Å²) in [7, 11) is 0. The molecule has 1 amide bonds. The Morgan fingerprint density at radius 3 is 2.52 bits per heavy atom. The zero-order chi connectivity index (χ0) is 22.9. The monoisotopic (exact) mass is 461 g/mol. The summed E-state index contributed by atoms with van der Waals surface area (Å²) in [5.74, 6) is -4.52. The number of nitrogens with one attached hydrogen (secondary N) is 1. The molecule has 164 valence electrons. The lowest BCUT2D eigenvalue weighted by molar-refractivity contribution is -0.146. The number of rotatable bonds is 5. The SMILES string of the molecule is C[C@H](NC(=O)Cn1nc(C(F)(F)F)n(-c2ccc(F)cn2)c1=O)c1ccc(Cl)c(F)c1. The molecule has 0 radical (unpaired) electrons. The van der Waals surface area contributed by atoms with Crippen LogP contribution in [0.25, 0.3) is 5.82 Å². The molecule has 0 fully saturated rings. The molecular formula is C18H13ClF5N5O2. The van der Waals surface area contributed by atoms with Gasteiger partial charge in [0.1, 0.15) is 24.0 Å². The van der Waals surface area contributed by atoms with E-state index in [-0.39, 0.29) is 9.59 Å². The highest BCUT2D eigenvalue weighted by Crippen LogP contribution is 2.28. The highest BCUT2D eigenvalue weighted by molar-refractivity contribution is 6.30.